The van der Waals surface area contributed by atoms with E-state index in [-0.39, 0.29) is 5.54 Å². The Morgan fingerprint density at radius 3 is 2.44 bits per heavy atom. The van der Waals surface area contributed by atoms with E-state index in [1.54, 1.807) is 6.07 Å². The smallest absolute Gasteiger partial charge is 0.0452 e. The number of benzene rings is 1. The number of rotatable bonds is 4. The number of nitrogens with one attached hydrogen (secondary N) is 1. The van der Waals surface area contributed by atoms with Crippen molar-refractivity contribution in [3.8, 4) is 0 Å². The second kappa shape index (κ2) is 5.90. The second-order valence-corrected chi connectivity index (χ2v) is 5.86. The van der Waals surface area contributed by atoms with Crippen LogP contribution in [0.4, 0.5) is 0 Å². The third-order valence-electron chi connectivity index (χ3n) is 2.29. The molecular formula is C13H19Cl2N. The SMILES string of the molecule is CC(C)(C)NCCCc1ccc(Cl)cc1Cl. The predicted octanol–water partition coefficient (Wildman–Crippen LogP) is 4.31. The van der Waals surface area contributed by atoms with Gasteiger partial charge in [0.15, 0.2) is 0 Å². The van der Waals surface area contributed by atoms with Crippen LogP contribution in [0.3, 0.4) is 0 Å². The molecule has 0 aliphatic rings. The van der Waals surface area contributed by atoms with Crippen LogP contribution in [0.5, 0.6) is 0 Å². The molecular weight excluding hydrogens is 241 g/mol. The largest absolute Gasteiger partial charge is 0.312 e. The van der Waals surface area contributed by atoms with Crippen LogP contribution in [0.1, 0.15) is 32.8 Å². The van der Waals surface area contributed by atoms with Crippen LogP contribution in [0.15, 0.2) is 18.2 Å². The summed E-state index contributed by atoms with van der Waals surface area (Å²) in [4.78, 5) is 0. The Hall–Kier alpha value is -0.240. The van der Waals surface area contributed by atoms with E-state index in [9.17, 15) is 0 Å². The molecule has 0 amide bonds. The van der Waals surface area contributed by atoms with Gasteiger partial charge in [-0.15, -0.1) is 0 Å². The zero-order valence-corrected chi connectivity index (χ0v) is 11.6. The van der Waals surface area contributed by atoms with Crippen molar-refractivity contribution < 1.29 is 0 Å². The Kier molecular flexibility index (Phi) is 5.10. The molecule has 0 spiro atoms. The van der Waals surface area contributed by atoms with Gasteiger partial charge in [-0.1, -0.05) is 29.3 Å². The van der Waals surface area contributed by atoms with Crippen molar-refractivity contribution in [3.05, 3.63) is 33.8 Å². The van der Waals surface area contributed by atoms with Crippen molar-refractivity contribution in [1.82, 2.24) is 5.32 Å². The summed E-state index contributed by atoms with van der Waals surface area (Å²) in [7, 11) is 0. The first kappa shape index (κ1) is 13.8. The molecule has 0 unspecified atom stereocenters. The molecule has 0 saturated carbocycles. The summed E-state index contributed by atoms with van der Waals surface area (Å²) in [5, 5.41) is 4.92. The number of aryl methyl sites for hydroxylation is 1. The van der Waals surface area contributed by atoms with E-state index in [0.717, 1.165) is 24.4 Å². The lowest BCUT2D eigenvalue weighted by Gasteiger charge is -2.20. The van der Waals surface area contributed by atoms with Gasteiger partial charge in [0.05, 0.1) is 0 Å². The van der Waals surface area contributed by atoms with Crippen molar-refractivity contribution >= 4 is 23.2 Å². The highest BCUT2D eigenvalue weighted by Gasteiger charge is 2.07. The minimum absolute atomic E-state index is 0.184. The second-order valence-electron chi connectivity index (χ2n) is 5.02. The van der Waals surface area contributed by atoms with Crippen molar-refractivity contribution in [1.29, 1.82) is 0 Å². The minimum Gasteiger partial charge on any atom is -0.312 e. The summed E-state index contributed by atoms with van der Waals surface area (Å²) < 4.78 is 0. The lowest BCUT2D eigenvalue weighted by molar-refractivity contribution is 0.422. The summed E-state index contributed by atoms with van der Waals surface area (Å²) in [6, 6.07) is 5.69. The van der Waals surface area contributed by atoms with E-state index in [4.69, 9.17) is 23.2 Å². The van der Waals surface area contributed by atoms with Gasteiger partial charge in [-0.2, -0.15) is 0 Å². The molecule has 1 aromatic carbocycles. The van der Waals surface area contributed by atoms with Crippen molar-refractivity contribution in [3.63, 3.8) is 0 Å². The van der Waals surface area contributed by atoms with E-state index in [1.165, 1.54) is 5.56 Å². The van der Waals surface area contributed by atoms with E-state index >= 15 is 0 Å². The van der Waals surface area contributed by atoms with E-state index < -0.39 is 0 Å². The molecule has 0 radical (unpaired) electrons. The fourth-order valence-corrected chi connectivity index (χ4v) is 1.97. The Bertz CT molecular complexity index is 342. The summed E-state index contributed by atoms with van der Waals surface area (Å²) >= 11 is 11.9. The molecule has 1 aromatic rings. The Balaban J connectivity index is 2.38. The third kappa shape index (κ3) is 5.20. The fourth-order valence-electron chi connectivity index (χ4n) is 1.47. The zero-order chi connectivity index (χ0) is 12.2. The molecule has 0 aromatic heterocycles. The Morgan fingerprint density at radius 2 is 1.88 bits per heavy atom. The summed E-state index contributed by atoms with van der Waals surface area (Å²) in [5.41, 5.74) is 1.35. The summed E-state index contributed by atoms with van der Waals surface area (Å²) in [6.45, 7) is 7.51. The van der Waals surface area contributed by atoms with Crippen LogP contribution in [-0.4, -0.2) is 12.1 Å². The Morgan fingerprint density at radius 1 is 1.19 bits per heavy atom. The number of halogens is 2. The lowest BCUT2D eigenvalue weighted by Crippen LogP contribution is -2.36. The van der Waals surface area contributed by atoms with Gasteiger partial charge in [0.1, 0.15) is 0 Å². The fraction of sp³-hybridized carbons (Fsp3) is 0.538. The summed E-state index contributed by atoms with van der Waals surface area (Å²) in [6.07, 6.45) is 2.07. The number of hydrogen-bond acceptors (Lipinski definition) is 1. The van der Waals surface area contributed by atoms with E-state index in [2.05, 4.69) is 26.1 Å². The molecule has 1 rings (SSSR count). The maximum Gasteiger partial charge on any atom is 0.0452 e. The normalized spacial score (nSPS) is 11.8. The molecule has 16 heavy (non-hydrogen) atoms. The highest BCUT2D eigenvalue weighted by molar-refractivity contribution is 6.35. The van der Waals surface area contributed by atoms with Crippen molar-refractivity contribution in [2.24, 2.45) is 0 Å². The first-order chi connectivity index (χ1) is 7.38. The zero-order valence-electron chi connectivity index (χ0n) is 10.1. The standard InChI is InChI=1S/C13H19Cl2N/c1-13(2,3)16-8-4-5-10-6-7-11(14)9-12(10)15/h6-7,9,16H,4-5,8H2,1-3H3. The van der Waals surface area contributed by atoms with Crippen LogP contribution in [-0.2, 0) is 6.42 Å². The van der Waals surface area contributed by atoms with Crippen molar-refractivity contribution in [2.75, 3.05) is 6.54 Å². The highest BCUT2D eigenvalue weighted by atomic mass is 35.5. The molecule has 0 fully saturated rings. The maximum absolute atomic E-state index is 6.09. The van der Waals surface area contributed by atoms with Gasteiger partial charge in [-0.05, 0) is 57.9 Å². The molecule has 0 atom stereocenters. The van der Waals surface area contributed by atoms with Gasteiger partial charge in [0.2, 0.25) is 0 Å². The molecule has 0 heterocycles. The third-order valence-corrected chi connectivity index (χ3v) is 2.88. The topological polar surface area (TPSA) is 12.0 Å². The molecule has 3 heteroatoms. The van der Waals surface area contributed by atoms with Crippen LogP contribution in [0.2, 0.25) is 10.0 Å². The first-order valence-corrected chi connectivity index (χ1v) is 6.33. The van der Waals surface area contributed by atoms with Gasteiger partial charge < -0.3 is 5.32 Å². The van der Waals surface area contributed by atoms with Gasteiger partial charge in [0, 0.05) is 15.6 Å². The van der Waals surface area contributed by atoms with Gasteiger partial charge in [-0.25, -0.2) is 0 Å². The molecule has 0 aliphatic carbocycles. The van der Waals surface area contributed by atoms with E-state index in [0.29, 0.717) is 5.02 Å². The minimum atomic E-state index is 0.184. The van der Waals surface area contributed by atoms with E-state index in [1.807, 2.05) is 12.1 Å². The van der Waals surface area contributed by atoms with Crippen LogP contribution >= 0.6 is 23.2 Å². The van der Waals surface area contributed by atoms with Crippen LogP contribution in [0, 0.1) is 0 Å². The quantitative estimate of drug-likeness (QED) is 0.795. The molecule has 90 valence electrons. The molecule has 0 saturated heterocycles. The number of hydrogen-bond donors (Lipinski definition) is 1. The van der Waals surface area contributed by atoms with Gasteiger partial charge >= 0.3 is 0 Å². The van der Waals surface area contributed by atoms with Crippen LogP contribution < -0.4 is 5.32 Å². The molecule has 1 nitrogen and oxygen atoms in total. The van der Waals surface area contributed by atoms with Crippen LogP contribution in [0.25, 0.3) is 0 Å². The Labute approximate surface area is 108 Å². The highest BCUT2D eigenvalue weighted by Crippen LogP contribution is 2.21. The molecule has 0 aliphatic heterocycles. The monoisotopic (exact) mass is 259 g/mol. The van der Waals surface area contributed by atoms with Crippen molar-refractivity contribution in [2.45, 2.75) is 39.2 Å². The first-order valence-electron chi connectivity index (χ1n) is 5.57. The van der Waals surface area contributed by atoms with Gasteiger partial charge in [-0.3, -0.25) is 0 Å². The average Bonchev–Trinajstić information content (AvgIpc) is 2.13. The predicted molar refractivity (Wildman–Crippen MR) is 72.5 cm³/mol. The maximum atomic E-state index is 6.09. The summed E-state index contributed by atoms with van der Waals surface area (Å²) in [5.74, 6) is 0. The average molecular weight is 260 g/mol. The van der Waals surface area contributed by atoms with Gasteiger partial charge in [0.25, 0.3) is 0 Å². The lowest BCUT2D eigenvalue weighted by atomic mass is 10.1. The molecule has 1 N–H and O–H groups in total. The molecule has 0 bridgehead atoms.